The lowest BCUT2D eigenvalue weighted by atomic mass is 9.91. The second kappa shape index (κ2) is 7.24. The molecule has 0 saturated carbocycles. The van der Waals surface area contributed by atoms with Crippen molar-refractivity contribution in [1.82, 2.24) is 9.80 Å². The van der Waals surface area contributed by atoms with Gasteiger partial charge in [0.15, 0.2) is 0 Å². The number of nitrogens with two attached hydrogens (primary N) is 1. The van der Waals surface area contributed by atoms with Gasteiger partial charge in [-0.25, -0.2) is 0 Å². The molecule has 2 heterocycles. The molecule has 0 radical (unpaired) electrons. The van der Waals surface area contributed by atoms with Gasteiger partial charge >= 0.3 is 0 Å². The van der Waals surface area contributed by atoms with Crippen LogP contribution >= 0.6 is 23.7 Å². The van der Waals surface area contributed by atoms with Gasteiger partial charge in [-0.3, -0.25) is 9.59 Å². The molecule has 0 aliphatic carbocycles. The Kier molecular flexibility index (Phi) is 6.19. The molecule has 1 aliphatic heterocycles. The number of hydrogen-bond acceptors (Lipinski definition) is 4. The molecule has 1 aliphatic rings. The summed E-state index contributed by atoms with van der Waals surface area (Å²) in [5.41, 5.74) is 5.12. The van der Waals surface area contributed by atoms with Crippen LogP contribution in [0.1, 0.15) is 23.5 Å². The van der Waals surface area contributed by atoms with Crippen LogP contribution in [0.5, 0.6) is 0 Å². The third kappa shape index (κ3) is 3.96. The second-order valence-electron chi connectivity index (χ2n) is 5.65. The Labute approximate surface area is 135 Å². The predicted octanol–water partition coefficient (Wildman–Crippen LogP) is 1.44. The molecule has 2 N–H and O–H groups in total. The first-order chi connectivity index (χ1) is 9.45. The molecule has 21 heavy (non-hydrogen) atoms. The fourth-order valence-electron chi connectivity index (χ4n) is 2.18. The standard InChI is InChI=1S/C14H21N3O2S.ClH/c1-14(2,10-15)13(19)17-7-5-16(6-8-17)12(18)11-4-3-9-20-11;/h3-4,9H,5-8,10,15H2,1-2H3;1H. The van der Waals surface area contributed by atoms with Crippen molar-refractivity contribution in [2.45, 2.75) is 13.8 Å². The highest BCUT2D eigenvalue weighted by molar-refractivity contribution is 7.12. The van der Waals surface area contributed by atoms with Crippen molar-refractivity contribution in [2.24, 2.45) is 11.1 Å². The SMILES string of the molecule is CC(C)(CN)C(=O)N1CCN(C(=O)c2cccs2)CC1.Cl. The summed E-state index contributed by atoms with van der Waals surface area (Å²) in [5, 5.41) is 1.90. The maximum absolute atomic E-state index is 12.3. The normalized spacial score (nSPS) is 15.6. The average molecular weight is 332 g/mol. The summed E-state index contributed by atoms with van der Waals surface area (Å²) in [6, 6.07) is 3.71. The fourth-order valence-corrected chi connectivity index (χ4v) is 2.87. The summed E-state index contributed by atoms with van der Waals surface area (Å²) in [5.74, 6) is 0.133. The van der Waals surface area contributed by atoms with Crippen molar-refractivity contribution >= 4 is 35.6 Å². The van der Waals surface area contributed by atoms with Gasteiger partial charge in [-0.05, 0) is 25.3 Å². The van der Waals surface area contributed by atoms with E-state index in [1.807, 2.05) is 41.2 Å². The number of amides is 2. The van der Waals surface area contributed by atoms with E-state index in [0.717, 1.165) is 4.88 Å². The van der Waals surface area contributed by atoms with Crippen LogP contribution in [0.4, 0.5) is 0 Å². The van der Waals surface area contributed by atoms with Crippen molar-refractivity contribution in [3.05, 3.63) is 22.4 Å². The van der Waals surface area contributed by atoms with E-state index in [4.69, 9.17) is 5.73 Å². The summed E-state index contributed by atoms with van der Waals surface area (Å²) >= 11 is 1.45. The molecule has 1 aromatic rings. The molecule has 0 atom stereocenters. The highest BCUT2D eigenvalue weighted by atomic mass is 35.5. The van der Waals surface area contributed by atoms with Gasteiger partial charge in [0, 0.05) is 32.7 Å². The molecule has 1 saturated heterocycles. The van der Waals surface area contributed by atoms with Crippen LogP contribution in [-0.2, 0) is 4.79 Å². The van der Waals surface area contributed by atoms with Gasteiger partial charge in [0.05, 0.1) is 10.3 Å². The quantitative estimate of drug-likeness (QED) is 0.911. The zero-order valence-corrected chi connectivity index (χ0v) is 14.0. The van der Waals surface area contributed by atoms with Gasteiger partial charge < -0.3 is 15.5 Å². The minimum atomic E-state index is -0.528. The van der Waals surface area contributed by atoms with Gasteiger partial charge in [-0.1, -0.05) is 6.07 Å². The number of nitrogens with zero attached hydrogens (tertiary/aromatic N) is 2. The van der Waals surface area contributed by atoms with Crippen molar-refractivity contribution < 1.29 is 9.59 Å². The lowest BCUT2D eigenvalue weighted by Gasteiger charge is -2.38. The fraction of sp³-hybridized carbons (Fsp3) is 0.571. The molecule has 7 heteroatoms. The van der Waals surface area contributed by atoms with Crippen molar-refractivity contribution in [1.29, 1.82) is 0 Å². The molecule has 0 spiro atoms. The van der Waals surface area contributed by atoms with Crippen LogP contribution in [-0.4, -0.2) is 54.3 Å². The Morgan fingerprint density at radius 2 is 1.81 bits per heavy atom. The highest BCUT2D eigenvalue weighted by Crippen LogP contribution is 2.19. The first-order valence-electron chi connectivity index (χ1n) is 6.78. The number of rotatable bonds is 3. The lowest BCUT2D eigenvalue weighted by molar-refractivity contribution is -0.141. The molecule has 2 amide bonds. The molecule has 118 valence electrons. The summed E-state index contributed by atoms with van der Waals surface area (Å²) in [6.45, 7) is 6.39. The molecule has 0 aromatic carbocycles. The van der Waals surface area contributed by atoms with E-state index in [1.54, 1.807) is 0 Å². The predicted molar refractivity (Wildman–Crippen MR) is 86.9 cm³/mol. The Morgan fingerprint density at radius 3 is 2.29 bits per heavy atom. The highest BCUT2D eigenvalue weighted by Gasteiger charge is 2.33. The van der Waals surface area contributed by atoms with Crippen molar-refractivity contribution in [3.8, 4) is 0 Å². The van der Waals surface area contributed by atoms with Crippen LogP contribution in [0.2, 0.25) is 0 Å². The van der Waals surface area contributed by atoms with Crippen molar-refractivity contribution in [3.63, 3.8) is 0 Å². The van der Waals surface area contributed by atoms with E-state index >= 15 is 0 Å². The zero-order chi connectivity index (χ0) is 14.8. The van der Waals surface area contributed by atoms with E-state index in [-0.39, 0.29) is 24.2 Å². The topological polar surface area (TPSA) is 66.6 Å². The number of carbonyl (C=O) groups excluding carboxylic acids is 2. The summed E-state index contributed by atoms with van der Waals surface area (Å²) in [7, 11) is 0. The van der Waals surface area contributed by atoms with E-state index in [0.29, 0.717) is 32.7 Å². The molecule has 5 nitrogen and oxygen atoms in total. The van der Waals surface area contributed by atoms with E-state index < -0.39 is 5.41 Å². The van der Waals surface area contributed by atoms with E-state index in [9.17, 15) is 9.59 Å². The summed E-state index contributed by atoms with van der Waals surface area (Å²) < 4.78 is 0. The number of piperazine rings is 1. The third-order valence-electron chi connectivity index (χ3n) is 3.68. The van der Waals surface area contributed by atoms with Crippen LogP contribution < -0.4 is 5.73 Å². The molecule has 1 aromatic heterocycles. The largest absolute Gasteiger partial charge is 0.339 e. The molecule has 0 unspecified atom stereocenters. The van der Waals surface area contributed by atoms with Gasteiger partial charge in [0.25, 0.3) is 5.91 Å². The first-order valence-corrected chi connectivity index (χ1v) is 7.66. The van der Waals surface area contributed by atoms with Crippen LogP contribution in [0.25, 0.3) is 0 Å². The molecular formula is C14H22ClN3O2S. The second-order valence-corrected chi connectivity index (χ2v) is 6.60. The maximum Gasteiger partial charge on any atom is 0.264 e. The Bertz CT molecular complexity index is 482. The molecule has 1 fully saturated rings. The lowest BCUT2D eigenvalue weighted by Crippen LogP contribution is -2.54. The maximum atomic E-state index is 12.3. The third-order valence-corrected chi connectivity index (χ3v) is 4.53. The first kappa shape index (κ1) is 17.9. The summed E-state index contributed by atoms with van der Waals surface area (Å²) in [6.07, 6.45) is 0. The molecule has 2 rings (SSSR count). The minimum absolute atomic E-state index is 0. The van der Waals surface area contributed by atoms with Gasteiger partial charge in [0.2, 0.25) is 5.91 Å². The number of hydrogen-bond donors (Lipinski definition) is 1. The van der Waals surface area contributed by atoms with Gasteiger partial charge in [0.1, 0.15) is 0 Å². The molecular weight excluding hydrogens is 310 g/mol. The van der Waals surface area contributed by atoms with Crippen molar-refractivity contribution in [2.75, 3.05) is 32.7 Å². The van der Waals surface area contributed by atoms with Crippen LogP contribution in [0, 0.1) is 5.41 Å². The van der Waals surface area contributed by atoms with E-state index in [1.165, 1.54) is 11.3 Å². The minimum Gasteiger partial charge on any atom is -0.339 e. The zero-order valence-electron chi connectivity index (χ0n) is 12.4. The van der Waals surface area contributed by atoms with Crippen LogP contribution in [0.15, 0.2) is 17.5 Å². The smallest absolute Gasteiger partial charge is 0.264 e. The molecule has 0 bridgehead atoms. The Balaban J connectivity index is 0.00000220. The number of thiophene rings is 1. The Morgan fingerprint density at radius 1 is 1.24 bits per heavy atom. The summed E-state index contributed by atoms with van der Waals surface area (Å²) in [4.78, 5) is 28.9. The van der Waals surface area contributed by atoms with Gasteiger partial charge in [-0.2, -0.15) is 0 Å². The Hall–Kier alpha value is -1.11. The number of carbonyl (C=O) groups is 2. The van der Waals surface area contributed by atoms with Crippen LogP contribution in [0.3, 0.4) is 0 Å². The number of halogens is 1. The monoisotopic (exact) mass is 331 g/mol. The average Bonchev–Trinajstić information content (AvgIpc) is 3.00. The van der Waals surface area contributed by atoms with Gasteiger partial charge in [-0.15, -0.1) is 23.7 Å². The van der Waals surface area contributed by atoms with E-state index in [2.05, 4.69) is 0 Å².